The molecule has 1 aromatic rings. The zero-order chi connectivity index (χ0) is 11.3. The van der Waals surface area contributed by atoms with Crippen LogP contribution in [-0.4, -0.2) is 29.5 Å². The van der Waals surface area contributed by atoms with Gasteiger partial charge in [0.25, 0.3) is 0 Å². The maximum Gasteiger partial charge on any atom is 0.146 e. The minimum atomic E-state index is -0.827. The number of hydrogen-bond acceptors (Lipinski definition) is 3. The van der Waals surface area contributed by atoms with Gasteiger partial charge in [-0.25, -0.2) is 4.39 Å². The third-order valence-electron chi connectivity index (χ3n) is 1.94. The number of hydrogen-bond donors (Lipinski definition) is 3. The summed E-state index contributed by atoms with van der Waals surface area (Å²) in [5, 5.41) is 20.5. The summed E-state index contributed by atoms with van der Waals surface area (Å²) in [6, 6.07) is 4.74. The second-order valence-electron chi connectivity index (χ2n) is 3.18. The topological polar surface area (TPSA) is 52.5 Å². The quantitative estimate of drug-likeness (QED) is 0.709. The Kier molecular flexibility index (Phi) is 4.98. The van der Waals surface area contributed by atoms with Gasteiger partial charge in [0, 0.05) is 18.7 Å². The van der Waals surface area contributed by atoms with Crippen LogP contribution in [0.15, 0.2) is 18.2 Å². The smallest absolute Gasteiger partial charge is 0.146 e. The summed E-state index contributed by atoms with van der Waals surface area (Å²) in [6.45, 7) is 0.164. The average molecular weight is 234 g/mol. The van der Waals surface area contributed by atoms with Crippen LogP contribution in [0.5, 0.6) is 0 Å². The van der Waals surface area contributed by atoms with E-state index in [0.29, 0.717) is 5.56 Å². The van der Waals surface area contributed by atoms with Crippen LogP contribution >= 0.6 is 11.6 Å². The van der Waals surface area contributed by atoms with E-state index in [0.717, 1.165) is 0 Å². The Morgan fingerprint density at radius 3 is 2.87 bits per heavy atom. The summed E-state index contributed by atoms with van der Waals surface area (Å²) in [5.74, 6) is -0.454. The van der Waals surface area contributed by atoms with Gasteiger partial charge in [-0.3, -0.25) is 0 Å². The number of aliphatic hydroxyl groups is 2. The minimum Gasteiger partial charge on any atom is -0.394 e. The van der Waals surface area contributed by atoms with Gasteiger partial charge in [-0.15, -0.1) is 0 Å². The standard InChI is InChI=1S/C10H13ClFNO2/c11-9-3-1-2-7(10(9)12)4-13-5-8(15)6-14/h1-3,8,13-15H,4-6H2/t8-/m1/s1. The van der Waals surface area contributed by atoms with Crippen molar-refractivity contribution < 1.29 is 14.6 Å². The third-order valence-corrected chi connectivity index (χ3v) is 2.23. The first-order valence-electron chi connectivity index (χ1n) is 4.57. The van der Waals surface area contributed by atoms with E-state index in [2.05, 4.69) is 5.32 Å². The Morgan fingerprint density at radius 2 is 2.20 bits per heavy atom. The van der Waals surface area contributed by atoms with E-state index in [1.165, 1.54) is 6.07 Å². The first kappa shape index (κ1) is 12.4. The van der Waals surface area contributed by atoms with Crippen LogP contribution in [0, 0.1) is 5.82 Å². The molecule has 15 heavy (non-hydrogen) atoms. The minimum absolute atomic E-state index is 0.0806. The van der Waals surface area contributed by atoms with Crippen LogP contribution in [0.3, 0.4) is 0 Å². The fraction of sp³-hybridized carbons (Fsp3) is 0.400. The first-order chi connectivity index (χ1) is 7.15. The van der Waals surface area contributed by atoms with Gasteiger partial charge in [0.15, 0.2) is 0 Å². The molecule has 5 heteroatoms. The van der Waals surface area contributed by atoms with Gasteiger partial charge in [0.05, 0.1) is 17.7 Å². The molecular weight excluding hydrogens is 221 g/mol. The van der Waals surface area contributed by atoms with Gasteiger partial charge in [-0.2, -0.15) is 0 Å². The molecule has 0 unspecified atom stereocenters. The van der Waals surface area contributed by atoms with E-state index in [4.69, 9.17) is 21.8 Å². The molecule has 1 aromatic carbocycles. The molecule has 0 amide bonds. The zero-order valence-corrected chi connectivity index (χ0v) is 8.84. The highest BCUT2D eigenvalue weighted by atomic mass is 35.5. The molecule has 0 aliphatic rings. The molecule has 1 atom stereocenters. The van der Waals surface area contributed by atoms with Crippen molar-refractivity contribution in [1.82, 2.24) is 5.32 Å². The normalized spacial score (nSPS) is 12.8. The van der Waals surface area contributed by atoms with Crippen LogP contribution in [0.25, 0.3) is 0 Å². The molecule has 0 bridgehead atoms. The number of rotatable bonds is 5. The van der Waals surface area contributed by atoms with Crippen molar-refractivity contribution in [2.24, 2.45) is 0 Å². The lowest BCUT2D eigenvalue weighted by molar-refractivity contribution is 0.0941. The van der Waals surface area contributed by atoms with Crippen LogP contribution in [0.4, 0.5) is 4.39 Å². The van der Waals surface area contributed by atoms with Crippen molar-refractivity contribution >= 4 is 11.6 Å². The maximum absolute atomic E-state index is 13.3. The highest BCUT2D eigenvalue weighted by Gasteiger charge is 2.06. The predicted octanol–water partition coefficient (Wildman–Crippen LogP) is 0.922. The van der Waals surface area contributed by atoms with Crippen molar-refractivity contribution in [2.45, 2.75) is 12.6 Å². The molecule has 0 aliphatic heterocycles. The van der Waals surface area contributed by atoms with Crippen LogP contribution in [-0.2, 0) is 6.54 Å². The van der Waals surface area contributed by atoms with E-state index in [-0.39, 0.29) is 24.7 Å². The van der Waals surface area contributed by atoms with Crippen molar-refractivity contribution in [3.63, 3.8) is 0 Å². The van der Waals surface area contributed by atoms with Crippen molar-refractivity contribution in [1.29, 1.82) is 0 Å². The predicted molar refractivity (Wildman–Crippen MR) is 56.2 cm³/mol. The third kappa shape index (κ3) is 3.76. The highest BCUT2D eigenvalue weighted by molar-refractivity contribution is 6.30. The molecule has 0 aliphatic carbocycles. The molecule has 3 nitrogen and oxygen atoms in total. The molecule has 0 aromatic heterocycles. The number of benzene rings is 1. The second-order valence-corrected chi connectivity index (χ2v) is 3.59. The van der Waals surface area contributed by atoms with E-state index in [1.807, 2.05) is 0 Å². The molecule has 1 rings (SSSR count). The number of nitrogens with one attached hydrogen (secondary N) is 1. The van der Waals surface area contributed by atoms with Gasteiger partial charge < -0.3 is 15.5 Å². The molecular formula is C10H13ClFNO2. The largest absolute Gasteiger partial charge is 0.394 e. The fourth-order valence-corrected chi connectivity index (χ4v) is 1.32. The molecule has 0 saturated heterocycles. The molecule has 84 valence electrons. The number of aliphatic hydroxyl groups excluding tert-OH is 2. The van der Waals surface area contributed by atoms with Crippen LogP contribution in [0.2, 0.25) is 5.02 Å². The van der Waals surface area contributed by atoms with Crippen LogP contribution < -0.4 is 5.32 Å². The van der Waals surface area contributed by atoms with Gasteiger partial charge in [0.1, 0.15) is 5.82 Å². The summed E-state index contributed by atoms with van der Waals surface area (Å²) >= 11 is 5.59. The Hall–Kier alpha value is -0.680. The zero-order valence-electron chi connectivity index (χ0n) is 8.08. The first-order valence-corrected chi connectivity index (χ1v) is 4.95. The summed E-state index contributed by atoms with van der Waals surface area (Å²) in [7, 11) is 0. The van der Waals surface area contributed by atoms with Crippen molar-refractivity contribution in [3.05, 3.63) is 34.6 Å². The van der Waals surface area contributed by atoms with E-state index in [9.17, 15) is 4.39 Å². The van der Waals surface area contributed by atoms with Gasteiger partial charge >= 0.3 is 0 Å². The second kappa shape index (κ2) is 6.02. The molecule has 0 fully saturated rings. The molecule has 3 N–H and O–H groups in total. The van der Waals surface area contributed by atoms with Crippen LogP contribution in [0.1, 0.15) is 5.56 Å². The lowest BCUT2D eigenvalue weighted by Gasteiger charge is -2.09. The molecule has 0 spiro atoms. The molecule has 0 heterocycles. The Bertz CT molecular complexity index is 322. The van der Waals surface area contributed by atoms with Gasteiger partial charge in [-0.1, -0.05) is 23.7 Å². The Morgan fingerprint density at radius 1 is 1.47 bits per heavy atom. The Balaban J connectivity index is 2.47. The van der Waals surface area contributed by atoms with E-state index < -0.39 is 11.9 Å². The highest BCUT2D eigenvalue weighted by Crippen LogP contribution is 2.17. The van der Waals surface area contributed by atoms with Gasteiger partial charge in [0.2, 0.25) is 0 Å². The average Bonchev–Trinajstić information content (AvgIpc) is 2.24. The summed E-state index contributed by atoms with van der Waals surface area (Å²) in [4.78, 5) is 0. The SMILES string of the molecule is OC[C@H](O)CNCc1cccc(Cl)c1F. The van der Waals surface area contributed by atoms with E-state index >= 15 is 0 Å². The molecule has 0 saturated carbocycles. The molecule has 0 radical (unpaired) electrons. The van der Waals surface area contributed by atoms with Gasteiger partial charge in [-0.05, 0) is 6.07 Å². The monoisotopic (exact) mass is 233 g/mol. The van der Waals surface area contributed by atoms with Crippen molar-refractivity contribution in [2.75, 3.05) is 13.2 Å². The summed E-state index contributed by atoms with van der Waals surface area (Å²) in [6.07, 6.45) is -0.827. The summed E-state index contributed by atoms with van der Waals surface area (Å²) < 4.78 is 13.3. The maximum atomic E-state index is 13.3. The Labute approximate surface area is 92.5 Å². The summed E-state index contributed by atoms with van der Waals surface area (Å²) in [5.41, 5.74) is 0.438. The lowest BCUT2D eigenvalue weighted by Crippen LogP contribution is -2.29. The van der Waals surface area contributed by atoms with E-state index in [1.54, 1.807) is 12.1 Å². The lowest BCUT2D eigenvalue weighted by atomic mass is 10.2. The number of halogens is 2. The van der Waals surface area contributed by atoms with Crippen molar-refractivity contribution in [3.8, 4) is 0 Å². The fourth-order valence-electron chi connectivity index (χ4n) is 1.12.